The Morgan fingerprint density at radius 1 is 0.356 bits per heavy atom. The van der Waals surface area contributed by atoms with Crippen LogP contribution < -0.4 is 5.32 Å². The van der Waals surface area contributed by atoms with Crippen molar-refractivity contribution in [2.24, 2.45) is 0 Å². The molecule has 0 saturated heterocycles. The van der Waals surface area contributed by atoms with Crippen molar-refractivity contribution < 1.29 is 20.1 Å². The Labute approximate surface area is 370 Å². The first-order valence-corrected chi connectivity index (χ1v) is 27.3. The van der Waals surface area contributed by atoms with Crippen LogP contribution in [0.2, 0.25) is 0 Å². The first-order valence-electron chi connectivity index (χ1n) is 27.3. The molecule has 5 heteroatoms. The highest BCUT2D eigenvalue weighted by atomic mass is 16.3. The molecule has 1 amide bonds. The quantitative estimate of drug-likeness (QED) is 0.0460. The standard InChI is InChI=1S/C54H109NO4/c1-3-5-7-9-11-13-15-17-19-21-22-23-24-25-26-27-28-29-30-31-33-35-37-39-41-43-45-47-49-53(58)55-51(50-56)54(59)52(57)48-46-44-42-40-38-36-34-32-20-18-16-14-12-10-8-6-4-2/h51-52,54,56-57,59H,3-50H2,1-2H3,(H,55,58). The Morgan fingerprint density at radius 2 is 0.576 bits per heavy atom. The zero-order valence-corrected chi connectivity index (χ0v) is 40.4. The van der Waals surface area contributed by atoms with E-state index in [4.69, 9.17) is 0 Å². The van der Waals surface area contributed by atoms with Gasteiger partial charge in [0.05, 0.1) is 18.8 Å². The lowest BCUT2D eigenvalue weighted by atomic mass is 9.99. The molecule has 0 bridgehead atoms. The van der Waals surface area contributed by atoms with E-state index in [-0.39, 0.29) is 12.5 Å². The summed E-state index contributed by atoms with van der Waals surface area (Å²) in [5, 5.41) is 33.7. The van der Waals surface area contributed by atoms with Crippen LogP contribution in [-0.4, -0.2) is 46.1 Å². The van der Waals surface area contributed by atoms with E-state index in [2.05, 4.69) is 19.2 Å². The van der Waals surface area contributed by atoms with Crippen LogP contribution in [0, 0.1) is 0 Å². The van der Waals surface area contributed by atoms with Gasteiger partial charge in [0.15, 0.2) is 0 Å². The molecular weight excluding hydrogens is 727 g/mol. The Bertz CT molecular complexity index is 792. The van der Waals surface area contributed by atoms with Gasteiger partial charge in [-0.2, -0.15) is 0 Å². The highest BCUT2D eigenvalue weighted by Crippen LogP contribution is 2.18. The molecule has 0 spiro atoms. The van der Waals surface area contributed by atoms with Gasteiger partial charge in [-0.3, -0.25) is 4.79 Å². The Morgan fingerprint density at radius 3 is 0.814 bits per heavy atom. The Hall–Kier alpha value is -0.650. The van der Waals surface area contributed by atoms with E-state index in [1.54, 1.807) is 0 Å². The fraction of sp³-hybridized carbons (Fsp3) is 0.981. The molecule has 0 aromatic rings. The van der Waals surface area contributed by atoms with Crippen molar-refractivity contribution in [3.05, 3.63) is 0 Å². The molecule has 0 rings (SSSR count). The minimum atomic E-state index is -1.13. The second-order valence-corrected chi connectivity index (χ2v) is 19.2. The lowest BCUT2D eigenvalue weighted by molar-refractivity contribution is -0.124. The van der Waals surface area contributed by atoms with Gasteiger partial charge in [0.2, 0.25) is 5.91 Å². The molecule has 0 aromatic heterocycles. The summed E-state index contributed by atoms with van der Waals surface area (Å²) in [5.74, 6) is -0.136. The maximum atomic E-state index is 12.5. The molecule has 3 unspecified atom stereocenters. The predicted octanol–water partition coefficient (Wildman–Crippen LogP) is 16.6. The topological polar surface area (TPSA) is 89.8 Å². The fourth-order valence-corrected chi connectivity index (χ4v) is 8.99. The molecular formula is C54H109NO4. The zero-order chi connectivity index (χ0) is 43.0. The molecule has 0 fully saturated rings. The highest BCUT2D eigenvalue weighted by Gasteiger charge is 2.26. The SMILES string of the molecule is CCCCCCCCCCCCCCCCCCCCCCCCCCCCCCC(=O)NC(CO)C(O)C(O)CCCCCCCCCCCCCCCCCCC. The van der Waals surface area contributed by atoms with Crippen molar-refractivity contribution in [1.82, 2.24) is 5.32 Å². The number of carbonyl (C=O) groups excluding carboxylic acids is 1. The van der Waals surface area contributed by atoms with Crippen LogP contribution in [0.25, 0.3) is 0 Å². The molecule has 5 nitrogen and oxygen atoms in total. The van der Waals surface area contributed by atoms with Crippen LogP contribution in [0.15, 0.2) is 0 Å². The number of amides is 1. The summed E-state index contributed by atoms with van der Waals surface area (Å²) < 4.78 is 0. The van der Waals surface area contributed by atoms with Crippen molar-refractivity contribution >= 4 is 5.91 Å². The number of hydrogen-bond donors (Lipinski definition) is 4. The summed E-state index contributed by atoms with van der Waals surface area (Å²) in [7, 11) is 0. The van der Waals surface area contributed by atoms with Crippen molar-refractivity contribution in [2.75, 3.05) is 6.61 Å². The minimum absolute atomic E-state index is 0.136. The monoisotopic (exact) mass is 836 g/mol. The molecule has 59 heavy (non-hydrogen) atoms. The normalized spacial score (nSPS) is 13.2. The van der Waals surface area contributed by atoms with Crippen LogP contribution >= 0.6 is 0 Å². The molecule has 0 radical (unpaired) electrons. The molecule has 0 saturated carbocycles. The van der Waals surface area contributed by atoms with E-state index in [1.165, 1.54) is 257 Å². The van der Waals surface area contributed by atoms with Gasteiger partial charge < -0.3 is 20.6 Å². The molecule has 4 N–H and O–H groups in total. The third-order valence-electron chi connectivity index (χ3n) is 13.2. The maximum Gasteiger partial charge on any atom is 0.220 e. The van der Waals surface area contributed by atoms with Gasteiger partial charge >= 0.3 is 0 Å². The smallest absolute Gasteiger partial charge is 0.220 e. The summed E-state index contributed by atoms with van der Waals surface area (Å²) in [6.45, 7) is 4.22. The molecule has 0 aromatic carbocycles. The number of aliphatic hydroxyl groups excluding tert-OH is 3. The second kappa shape index (κ2) is 50.0. The average molecular weight is 836 g/mol. The molecule has 0 aliphatic rings. The van der Waals surface area contributed by atoms with E-state index in [0.29, 0.717) is 12.8 Å². The lowest BCUT2D eigenvalue weighted by Gasteiger charge is -2.26. The third kappa shape index (κ3) is 45.2. The van der Waals surface area contributed by atoms with Crippen LogP contribution in [0.4, 0.5) is 0 Å². The van der Waals surface area contributed by atoms with Crippen molar-refractivity contribution in [1.29, 1.82) is 0 Å². The first kappa shape index (κ1) is 58.4. The number of aliphatic hydroxyl groups is 3. The van der Waals surface area contributed by atoms with Crippen molar-refractivity contribution in [3.63, 3.8) is 0 Å². The van der Waals surface area contributed by atoms with E-state index in [0.717, 1.165) is 32.1 Å². The molecule has 3 atom stereocenters. The average Bonchev–Trinajstić information content (AvgIpc) is 3.24. The minimum Gasteiger partial charge on any atom is -0.394 e. The highest BCUT2D eigenvalue weighted by molar-refractivity contribution is 5.76. The van der Waals surface area contributed by atoms with Gasteiger partial charge in [-0.15, -0.1) is 0 Å². The zero-order valence-electron chi connectivity index (χ0n) is 40.4. The summed E-state index contributed by atoms with van der Waals surface area (Å²) in [5.41, 5.74) is 0. The molecule has 0 aliphatic heterocycles. The number of unbranched alkanes of at least 4 members (excludes halogenated alkanes) is 43. The largest absolute Gasteiger partial charge is 0.394 e. The fourth-order valence-electron chi connectivity index (χ4n) is 8.99. The van der Waals surface area contributed by atoms with Gasteiger partial charge in [0, 0.05) is 6.42 Å². The van der Waals surface area contributed by atoms with Crippen LogP contribution in [0.3, 0.4) is 0 Å². The van der Waals surface area contributed by atoms with E-state index < -0.39 is 18.2 Å². The maximum absolute atomic E-state index is 12.5. The number of hydrogen-bond acceptors (Lipinski definition) is 4. The van der Waals surface area contributed by atoms with Gasteiger partial charge in [-0.05, 0) is 12.8 Å². The van der Waals surface area contributed by atoms with E-state index in [9.17, 15) is 20.1 Å². The Kier molecular flexibility index (Phi) is 49.4. The van der Waals surface area contributed by atoms with Gasteiger partial charge in [-0.1, -0.05) is 296 Å². The lowest BCUT2D eigenvalue weighted by Crippen LogP contribution is -2.50. The number of rotatable bonds is 51. The summed E-state index contributed by atoms with van der Waals surface area (Å²) in [4.78, 5) is 12.5. The molecule has 0 heterocycles. The van der Waals surface area contributed by atoms with Crippen LogP contribution in [0.1, 0.15) is 316 Å². The molecule has 354 valence electrons. The molecule has 0 aliphatic carbocycles. The van der Waals surface area contributed by atoms with Gasteiger partial charge in [-0.25, -0.2) is 0 Å². The van der Waals surface area contributed by atoms with Crippen molar-refractivity contribution in [2.45, 2.75) is 334 Å². The summed E-state index contributed by atoms with van der Waals surface area (Å²) in [6.07, 6.45) is 59.7. The van der Waals surface area contributed by atoms with E-state index in [1.807, 2.05) is 0 Å². The van der Waals surface area contributed by atoms with Gasteiger partial charge in [0.1, 0.15) is 6.10 Å². The second-order valence-electron chi connectivity index (χ2n) is 19.2. The number of carbonyl (C=O) groups is 1. The predicted molar refractivity (Wildman–Crippen MR) is 259 cm³/mol. The first-order chi connectivity index (χ1) is 29.1. The third-order valence-corrected chi connectivity index (χ3v) is 13.2. The van der Waals surface area contributed by atoms with Gasteiger partial charge in [0.25, 0.3) is 0 Å². The number of nitrogens with one attached hydrogen (secondary N) is 1. The summed E-state index contributed by atoms with van der Waals surface area (Å²) >= 11 is 0. The van der Waals surface area contributed by atoms with E-state index >= 15 is 0 Å². The van der Waals surface area contributed by atoms with Crippen LogP contribution in [-0.2, 0) is 4.79 Å². The summed E-state index contributed by atoms with van der Waals surface area (Å²) in [6, 6.07) is -0.804. The van der Waals surface area contributed by atoms with Crippen LogP contribution in [0.5, 0.6) is 0 Å². The Balaban J connectivity index is 3.48. The van der Waals surface area contributed by atoms with Crippen molar-refractivity contribution in [3.8, 4) is 0 Å².